The van der Waals surface area contributed by atoms with Gasteiger partial charge >= 0.3 is 0 Å². The highest BCUT2D eigenvalue weighted by Crippen LogP contribution is 2.43. The first-order chi connectivity index (χ1) is 11.6. The Labute approximate surface area is 149 Å². The molecule has 0 fully saturated rings. The summed E-state index contributed by atoms with van der Waals surface area (Å²) in [7, 11) is 0. The fourth-order valence-corrected chi connectivity index (χ4v) is 3.12. The summed E-state index contributed by atoms with van der Waals surface area (Å²) >= 11 is 13.1. The van der Waals surface area contributed by atoms with Gasteiger partial charge in [-0.05, 0) is 18.6 Å². The largest absolute Gasteiger partial charge is 0.397 e. The van der Waals surface area contributed by atoms with Gasteiger partial charge in [0, 0.05) is 30.7 Å². The predicted molar refractivity (Wildman–Crippen MR) is 97.2 cm³/mol. The van der Waals surface area contributed by atoms with Crippen molar-refractivity contribution in [2.24, 2.45) is 0 Å². The molecule has 0 bridgehead atoms. The van der Waals surface area contributed by atoms with E-state index in [1.807, 2.05) is 15.9 Å². The highest BCUT2D eigenvalue weighted by atomic mass is 35.5. The lowest BCUT2D eigenvalue weighted by atomic mass is 10.1. The summed E-state index contributed by atoms with van der Waals surface area (Å²) in [6, 6.07) is 3.54. The number of nitrogens with zero attached hydrogens (tertiary/aromatic N) is 5. The number of imidazole rings is 1. The van der Waals surface area contributed by atoms with E-state index in [-0.39, 0.29) is 0 Å². The van der Waals surface area contributed by atoms with E-state index in [1.165, 1.54) is 6.33 Å². The normalized spacial score (nSPS) is 10.8. The number of nitrogens with two attached hydrogens (primary N) is 1. The van der Waals surface area contributed by atoms with Gasteiger partial charge in [-0.2, -0.15) is 0 Å². The van der Waals surface area contributed by atoms with Gasteiger partial charge in [0.2, 0.25) is 0 Å². The van der Waals surface area contributed by atoms with Crippen LogP contribution in [0.15, 0.2) is 43.4 Å². The van der Waals surface area contributed by atoms with Crippen molar-refractivity contribution in [3.8, 4) is 11.3 Å². The molecule has 124 valence electrons. The Morgan fingerprint density at radius 1 is 1.25 bits per heavy atom. The monoisotopic (exact) mass is 362 g/mol. The second-order valence-electron chi connectivity index (χ2n) is 5.14. The van der Waals surface area contributed by atoms with Crippen molar-refractivity contribution >= 4 is 34.6 Å². The van der Waals surface area contributed by atoms with Gasteiger partial charge in [0.1, 0.15) is 12.7 Å². The summed E-state index contributed by atoms with van der Waals surface area (Å²) in [6.45, 7) is 2.78. The molecule has 0 amide bonds. The van der Waals surface area contributed by atoms with Crippen molar-refractivity contribution in [2.45, 2.75) is 13.3 Å². The predicted octanol–water partition coefficient (Wildman–Crippen LogP) is 3.91. The van der Waals surface area contributed by atoms with Crippen molar-refractivity contribution in [3.63, 3.8) is 0 Å². The lowest BCUT2D eigenvalue weighted by molar-refractivity contribution is 0.675. The van der Waals surface area contributed by atoms with Gasteiger partial charge in [0.25, 0.3) is 0 Å². The number of anilines is 2. The van der Waals surface area contributed by atoms with Crippen LogP contribution in [0.5, 0.6) is 0 Å². The maximum atomic E-state index is 6.57. The third-order valence-electron chi connectivity index (χ3n) is 3.55. The number of nitrogen functional groups attached to an aromatic ring is 1. The summed E-state index contributed by atoms with van der Waals surface area (Å²) in [5, 5.41) is 2.82. The molecule has 0 aliphatic carbocycles. The van der Waals surface area contributed by atoms with E-state index in [9.17, 15) is 0 Å². The molecule has 0 saturated carbocycles. The van der Waals surface area contributed by atoms with Crippen LogP contribution in [0.2, 0.25) is 10.0 Å². The lowest BCUT2D eigenvalue weighted by Crippen LogP contribution is -2.30. The molecule has 3 rings (SSSR count). The first kappa shape index (κ1) is 16.5. The number of hydrogen-bond donors (Lipinski definition) is 1. The molecule has 2 N–H and O–H groups in total. The van der Waals surface area contributed by atoms with Crippen molar-refractivity contribution < 1.29 is 0 Å². The van der Waals surface area contributed by atoms with Gasteiger partial charge in [0.15, 0.2) is 0 Å². The third-order valence-corrected chi connectivity index (χ3v) is 4.22. The van der Waals surface area contributed by atoms with E-state index >= 15 is 0 Å². The summed E-state index contributed by atoms with van der Waals surface area (Å²) in [4.78, 5) is 12.2. The van der Waals surface area contributed by atoms with E-state index in [0.29, 0.717) is 39.2 Å². The second kappa shape index (κ2) is 7.07. The molecule has 6 nitrogen and oxygen atoms in total. The first-order valence-corrected chi connectivity index (χ1v) is 8.18. The zero-order valence-corrected chi connectivity index (χ0v) is 14.5. The topological polar surface area (TPSA) is 72.9 Å². The molecule has 0 radical (unpaired) electrons. The fraction of sp³-hybridized carbons (Fsp3) is 0.188. The Morgan fingerprint density at radius 3 is 2.71 bits per heavy atom. The van der Waals surface area contributed by atoms with E-state index < -0.39 is 0 Å². The summed E-state index contributed by atoms with van der Waals surface area (Å²) < 4.78 is 1.83. The Balaban J connectivity index is 2.14. The van der Waals surface area contributed by atoms with Crippen LogP contribution in [0.25, 0.3) is 11.3 Å². The van der Waals surface area contributed by atoms with E-state index in [1.54, 1.807) is 30.9 Å². The molecule has 2 heterocycles. The van der Waals surface area contributed by atoms with E-state index in [4.69, 9.17) is 28.9 Å². The van der Waals surface area contributed by atoms with Gasteiger partial charge in [-0.25, -0.2) is 19.6 Å². The smallest absolute Gasteiger partial charge is 0.116 e. The minimum absolute atomic E-state index is 0.387. The summed E-state index contributed by atoms with van der Waals surface area (Å²) in [5.74, 6) is 0. The molecule has 0 aliphatic heterocycles. The second-order valence-corrected chi connectivity index (χ2v) is 5.93. The van der Waals surface area contributed by atoms with Crippen molar-refractivity contribution in [1.29, 1.82) is 0 Å². The van der Waals surface area contributed by atoms with Crippen molar-refractivity contribution in [3.05, 3.63) is 53.4 Å². The minimum Gasteiger partial charge on any atom is -0.397 e. The molecule has 0 aliphatic rings. The molecule has 1 aromatic carbocycles. The molecule has 0 atom stereocenters. The van der Waals surface area contributed by atoms with Crippen LogP contribution in [0.4, 0.5) is 11.4 Å². The maximum Gasteiger partial charge on any atom is 0.116 e. The van der Waals surface area contributed by atoms with Gasteiger partial charge in [-0.3, -0.25) is 5.01 Å². The average Bonchev–Trinajstić information content (AvgIpc) is 3.12. The zero-order chi connectivity index (χ0) is 17.1. The molecule has 2 aromatic heterocycles. The minimum atomic E-state index is 0.387. The quantitative estimate of drug-likeness (QED) is 0.696. The Bertz CT molecular complexity index is 820. The van der Waals surface area contributed by atoms with Crippen LogP contribution in [0.1, 0.15) is 13.3 Å². The summed E-state index contributed by atoms with van der Waals surface area (Å²) in [6.07, 6.45) is 9.22. The molecule has 3 aromatic rings. The molecule has 0 unspecified atom stereocenters. The van der Waals surface area contributed by atoms with Crippen molar-refractivity contribution in [1.82, 2.24) is 19.6 Å². The molecule has 8 heteroatoms. The highest BCUT2D eigenvalue weighted by Gasteiger charge is 2.21. The van der Waals surface area contributed by atoms with Crippen LogP contribution in [0, 0.1) is 0 Å². The van der Waals surface area contributed by atoms with Crippen LogP contribution in [-0.4, -0.2) is 26.2 Å². The highest BCUT2D eigenvalue weighted by molar-refractivity contribution is 6.41. The molecule has 0 saturated heterocycles. The molecule has 0 spiro atoms. The lowest BCUT2D eigenvalue weighted by Gasteiger charge is -2.28. The SMILES string of the molecule is CCCN(c1c(Cl)cc(-c2ccncn2)c(N)c1Cl)n1ccnc1. The Kier molecular flexibility index (Phi) is 4.87. The third kappa shape index (κ3) is 3.02. The standard InChI is InChI=1S/C16H16Cl2N6/c1-2-6-24(23-7-5-21-10-23)16-12(17)8-11(15(19)14(16)18)13-3-4-20-9-22-13/h3-5,7-10H,2,6,19H2,1H3. The maximum absolute atomic E-state index is 6.57. The van der Waals surface area contributed by atoms with Gasteiger partial charge in [-0.1, -0.05) is 30.1 Å². The van der Waals surface area contributed by atoms with Crippen molar-refractivity contribution in [2.75, 3.05) is 17.3 Å². The van der Waals surface area contributed by atoms with Gasteiger partial charge in [0.05, 0.1) is 27.1 Å². The van der Waals surface area contributed by atoms with Crippen LogP contribution >= 0.6 is 23.2 Å². The molecular weight excluding hydrogens is 347 g/mol. The molecular formula is C16H16Cl2N6. The fourth-order valence-electron chi connectivity index (χ4n) is 2.47. The first-order valence-electron chi connectivity index (χ1n) is 7.43. The number of hydrogen-bond acceptors (Lipinski definition) is 5. The number of halogens is 2. The van der Waals surface area contributed by atoms with Crippen LogP contribution < -0.4 is 10.7 Å². The Morgan fingerprint density at radius 2 is 2.08 bits per heavy atom. The average molecular weight is 363 g/mol. The van der Waals surface area contributed by atoms with E-state index in [2.05, 4.69) is 21.9 Å². The van der Waals surface area contributed by atoms with Crippen LogP contribution in [-0.2, 0) is 0 Å². The molecule has 24 heavy (non-hydrogen) atoms. The van der Waals surface area contributed by atoms with Gasteiger partial charge in [-0.15, -0.1) is 0 Å². The number of rotatable bonds is 5. The van der Waals surface area contributed by atoms with Gasteiger partial charge < -0.3 is 5.73 Å². The Hall–Kier alpha value is -2.31. The number of benzene rings is 1. The summed E-state index contributed by atoms with van der Waals surface area (Å²) in [5.41, 5.74) is 8.69. The number of aromatic nitrogens is 4. The van der Waals surface area contributed by atoms with Crippen LogP contribution in [0.3, 0.4) is 0 Å². The van der Waals surface area contributed by atoms with E-state index in [0.717, 1.165) is 6.42 Å². The zero-order valence-electron chi connectivity index (χ0n) is 13.0.